The first-order valence-electron chi connectivity index (χ1n) is 7.33. The maximum Gasteiger partial charge on any atom is 0.347 e. The highest BCUT2D eigenvalue weighted by Crippen LogP contribution is 2.61. The molecule has 0 bridgehead atoms. The van der Waals surface area contributed by atoms with E-state index in [9.17, 15) is 14.3 Å². The predicted molar refractivity (Wildman–Crippen MR) is 88.6 cm³/mol. The van der Waals surface area contributed by atoms with Gasteiger partial charge >= 0.3 is 5.03 Å². The van der Waals surface area contributed by atoms with E-state index < -0.39 is 15.8 Å². The number of pyridine rings is 1. The van der Waals surface area contributed by atoms with Crippen LogP contribution in [0.1, 0.15) is 40.8 Å². The van der Waals surface area contributed by atoms with Gasteiger partial charge in [-0.15, -0.1) is 10.6 Å². The van der Waals surface area contributed by atoms with Crippen LogP contribution in [0, 0.1) is 20.8 Å². The molecule has 1 aromatic carbocycles. The average Bonchev–Trinajstić information content (AvgIpc) is 2.42. The lowest BCUT2D eigenvalue weighted by molar-refractivity contribution is -0.933. The molecule has 0 radical (unpaired) electrons. The molecule has 0 fully saturated rings. The summed E-state index contributed by atoms with van der Waals surface area (Å²) in [4.78, 5) is 0. The third-order valence-corrected chi connectivity index (χ3v) is 6.41. The van der Waals surface area contributed by atoms with Crippen LogP contribution >= 0.6 is 10.6 Å². The molecule has 0 aliphatic carbocycles. The second-order valence-corrected chi connectivity index (χ2v) is 7.83. The molecule has 1 unspecified atom stereocenters. The Morgan fingerprint density at radius 1 is 1.09 bits per heavy atom. The van der Waals surface area contributed by atoms with Gasteiger partial charge in [0.05, 0.1) is 5.25 Å². The highest BCUT2D eigenvalue weighted by atomic mass is 32.3. The van der Waals surface area contributed by atoms with Crippen molar-refractivity contribution < 1.29 is 19.0 Å². The SMILES string of the molecule is CCC(c1cc(C)ccc1C)S(O)(O)c1c(C)ccc[n+]1O. The van der Waals surface area contributed by atoms with Crippen molar-refractivity contribution >= 4 is 10.6 Å². The van der Waals surface area contributed by atoms with E-state index in [1.807, 2.05) is 39.0 Å². The summed E-state index contributed by atoms with van der Waals surface area (Å²) >= 11 is 0. The second kappa shape index (κ2) is 6.28. The molecule has 1 heterocycles. The molecule has 0 aliphatic heterocycles. The molecule has 0 amide bonds. The van der Waals surface area contributed by atoms with Gasteiger partial charge in [0.25, 0.3) is 0 Å². The van der Waals surface area contributed by atoms with E-state index >= 15 is 0 Å². The molecule has 2 aromatic rings. The molecule has 0 spiro atoms. The monoisotopic (exact) mass is 322 g/mol. The molecule has 1 aromatic heterocycles. The molecular weight excluding hydrogens is 298 g/mol. The molecule has 1 atom stereocenters. The van der Waals surface area contributed by atoms with Crippen molar-refractivity contribution in [3.05, 3.63) is 58.8 Å². The third-order valence-electron chi connectivity index (χ3n) is 3.95. The minimum absolute atomic E-state index is 0.183. The van der Waals surface area contributed by atoms with Gasteiger partial charge < -0.3 is 0 Å². The summed E-state index contributed by atoms with van der Waals surface area (Å²) in [6.07, 6.45) is 1.99. The molecule has 2 rings (SSSR count). The minimum Gasteiger partial charge on any atom is -0.290 e. The maximum absolute atomic E-state index is 10.9. The number of benzene rings is 1. The molecule has 120 valence electrons. The van der Waals surface area contributed by atoms with Gasteiger partial charge in [0, 0.05) is 16.4 Å². The van der Waals surface area contributed by atoms with Crippen molar-refractivity contribution in [1.82, 2.24) is 0 Å². The first-order chi connectivity index (χ1) is 10.3. The minimum atomic E-state index is -3.19. The lowest BCUT2D eigenvalue weighted by Crippen LogP contribution is -2.37. The van der Waals surface area contributed by atoms with Crippen molar-refractivity contribution in [2.75, 3.05) is 0 Å². The maximum atomic E-state index is 10.9. The van der Waals surface area contributed by atoms with Gasteiger partial charge in [-0.25, -0.2) is 0 Å². The fourth-order valence-corrected chi connectivity index (χ4v) is 5.05. The van der Waals surface area contributed by atoms with Crippen molar-refractivity contribution in [2.45, 2.75) is 44.4 Å². The number of hydrogen-bond acceptors (Lipinski definition) is 3. The Bertz CT molecular complexity index is 665. The van der Waals surface area contributed by atoms with E-state index in [1.54, 1.807) is 19.1 Å². The molecule has 0 saturated carbocycles. The Morgan fingerprint density at radius 2 is 1.77 bits per heavy atom. The number of hydrogen-bond donors (Lipinski definition) is 3. The lowest BCUT2D eigenvalue weighted by Gasteiger charge is -2.37. The number of nitrogens with zero attached hydrogens (tertiary/aromatic N) is 1. The Balaban J connectivity index is 2.61. The molecule has 5 heteroatoms. The van der Waals surface area contributed by atoms with Gasteiger partial charge in [0.15, 0.2) is 0 Å². The molecule has 0 saturated heterocycles. The zero-order valence-corrected chi connectivity index (χ0v) is 14.3. The normalized spacial score (nSPS) is 13.9. The Morgan fingerprint density at radius 3 is 2.36 bits per heavy atom. The average molecular weight is 322 g/mol. The molecule has 3 N–H and O–H groups in total. The predicted octanol–water partition coefficient (Wildman–Crippen LogP) is 4.40. The topological polar surface area (TPSA) is 64.6 Å². The van der Waals surface area contributed by atoms with Crippen LogP contribution in [-0.4, -0.2) is 14.3 Å². The molecule has 4 nitrogen and oxygen atoms in total. The van der Waals surface area contributed by atoms with Crippen LogP contribution < -0.4 is 4.73 Å². The van der Waals surface area contributed by atoms with E-state index in [0.29, 0.717) is 12.0 Å². The van der Waals surface area contributed by atoms with Crippen molar-refractivity contribution in [2.24, 2.45) is 0 Å². The Kier molecular flexibility index (Phi) is 4.80. The van der Waals surface area contributed by atoms with Crippen LogP contribution in [0.3, 0.4) is 0 Å². The summed E-state index contributed by atoms with van der Waals surface area (Å²) in [5, 5.41) is 9.79. The van der Waals surface area contributed by atoms with Crippen molar-refractivity contribution in [3.8, 4) is 0 Å². The zero-order valence-electron chi connectivity index (χ0n) is 13.4. The zero-order chi connectivity index (χ0) is 16.5. The van der Waals surface area contributed by atoms with E-state index in [4.69, 9.17) is 0 Å². The van der Waals surface area contributed by atoms with Crippen LogP contribution in [0.15, 0.2) is 41.6 Å². The fourth-order valence-electron chi connectivity index (χ4n) is 2.83. The lowest BCUT2D eigenvalue weighted by atomic mass is 10.0. The Labute approximate surface area is 133 Å². The van der Waals surface area contributed by atoms with E-state index in [2.05, 4.69) is 0 Å². The van der Waals surface area contributed by atoms with Gasteiger partial charge in [-0.1, -0.05) is 30.7 Å². The highest BCUT2D eigenvalue weighted by Gasteiger charge is 2.38. The van der Waals surface area contributed by atoms with E-state index in [0.717, 1.165) is 21.4 Å². The smallest absolute Gasteiger partial charge is 0.290 e. The summed E-state index contributed by atoms with van der Waals surface area (Å²) in [6.45, 7) is 7.66. The van der Waals surface area contributed by atoms with Gasteiger partial charge in [-0.3, -0.25) is 14.3 Å². The summed E-state index contributed by atoms with van der Waals surface area (Å²) in [7, 11) is -3.19. The van der Waals surface area contributed by atoms with Gasteiger partial charge in [0.1, 0.15) is 0 Å². The van der Waals surface area contributed by atoms with Crippen molar-refractivity contribution in [1.29, 1.82) is 0 Å². The first-order valence-corrected chi connectivity index (χ1v) is 8.94. The summed E-state index contributed by atoms with van der Waals surface area (Å²) in [5.74, 6) is 0. The van der Waals surface area contributed by atoms with Crippen LogP contribution in [0.25, 0.3) is 0 Å². The number of aromatic nitrogens is 1. The fraction of sp³-hybridized carbons (Fsp3) is 0.353. The van der Waals surface area contributed by atoms with Crippen molar-refractivity contribution in [3.63, 3.8) is 0 Å². The van der Waals surface area contributed by atoms with Crippen LogP contribution in [0.2, 0.25) is 0 Å². The third kappa shape index (κ3) is 2.97. The summed E-state index contributed by atoms with van der Waals surface area (Å²) < 4.78 is 22.7. The first kappa shape index (κ1) is 16.8. The molecular formula is C17H24NO3S+. The van der Waals surface area contributed by atoms with Gasteiger partial charge in [-0.05, 0) is 44.4 Å². The number of aryl methyl sites for hydroxylation is 3. The standard InChI is InChI=1S/C17H23NO3S/c1-5-16(15-11-12(2)8-9-13(15)3)22(20,21)17-14(4)7-6-10-18(17)19/h6-11,16H,5H2,1-4H3,(H2-,19,20,21)/p+1. The van der Waals surface area contributed by atoms with Gasteiger partial charge in [0.2, 0.25) is 6.20 Å². The summed E-state index contributed by atoms with van der Waals surface area (Å²) in [6, 6.07) is 9.45. The van der Waals surface area contributed by atoms with E-state index in [1.165, 1.54) is 6.20 Å². The summed E-state index contributed by atoms with van der Waals surface area (Å²) in [5.41, 5.74) is 3.69. The number of rotatable bonds is 4. The molecule has 22 heavy (non-hydrogen) atoms. The largest absolute Gasteiger partial charge is 0.347 e. The second-order valence-electron chi connectivity index (χ2n) is 5.69. The van der Waals surface area contributed by atoms with Gasteiger partial charge in [-0.2, -0.15) is 0 Å². The molecule has 0 aliphatic rings. The Hall–Kier alpha value is -1.56. The van der Waals surface area contributed by atoms with E-state index in [-0.39, 0.29) is 5.03 Å². The highest BCUT2D eigenvalue weighted by molar-refractivity contribution is 8.24. The van der Waals surface area contributed by atoms with Crippen LogP contribution in [-0.2, 0) is 0 Å². The van der Waals surface area contributed by atoms with Crippen LogP contribution in [0.4, 0.5) is 0 Å². The quantitative estimate of drug-likeness (QED) is 0.577. The van der Waals surface area contributed by atoms with Crippen LogP contribution in [0.5, 0.6) is 0 Å².